The van der Waals surface area contributed by atoms with Crippen LogP contribution >= 0.6 is 0 Å². The molecule has 23 heavy (non-hydrogen) atoms. The average Bonchev–Trinajstić information content (AvgIpc) is 2.52. The Labute approximate surface area is 131 Å². The summed E-state index contributed by atoms with van der Waals surface area (Å²) >= 11 is 0. The second-order valence-corrected chi connectivity index (χ2v) is 5.09. The standard InChI is InChI=1S/C16H15F3N2O2/c1-21(2)15(22)13-7-12(8-20-9-13)11-3-5-14(6-4-11)23-10-16(17,18)19/h3-9H,10H2,1-2H3. The lowest BCUT2D eigenvalue weighted by molar-refractivity contribution is -0.153. The van der Waals surface area contributed by atoms with Gasteiger partial charge in [0.15, 0.2) is 6.61 Å². The van der Waals surface area contributed by atoms with Crippen molar-refractivity contribution in [3.63, 3.8) is 0 Å². The van der Waals surface area contributed by atoms with Crippen LogP contribution in [0.3, 0.4) is 0 Å². The van der Waals surface area contributed by atoms with Gasteiger partial charge >= 0.3 is 6.18 Å². The predicted molar refractivity (Wildman–Crippen MR) is 79.2 cm³/mol. The van der Waals surface area contributed by atoms with Crippen molar-refractivity contribution in [3.8, 4) is 16.9 Å². The van der Waals surface area contributed by atoms with E-state index in [0.29, 0.717) is 11.1 Å². The molecule has 2 rings (SSSR count). The summed E-state index contributed by atoms with van der Waals surface area (Å²) in [4.78, 5) is 17.4. The highest BCUT2D eigenvalue weighted by Crippen LogP contribution is 2.24. The molecule has 1 amide bonds. The van der Waals surface area contributed by atoms with Gasteiger partial charge in [0, 0.05) is 32.1 Å². The molecule has 1 heterocycles. The lowest BCUT2D eigenvalue weighted by Crippen LogP contribution is -2.21. The third-order valence-electron chi connectivity index (χ3n) is 2.98. The fourth-order valence-electron chi connectivity index (χ4n) is 1.88. The summed E-state index contributed by atoms with van der Waals surface area (Å²) in [6.07, 6.45) is -1.33. The Morgan fingerprint density at radius 1 is 1.13 bits per heavy atom. The molecule has 4 nitrogen and oxygen atoms in total. The van der Waals surface area contributed by atoms with Crippen LogP contribution < -0.4 is 4.74 Å². The van der Waals surface area contributed by atoms with E-state index in [0.717, 1.165) is 5.56 Å². The second-order valence-electron chi connectivity index (χ2n) is 5.09. The van der Waals surface area contributed by atoms with Gasteiger partial charge in [0.2, 0.25) is 0 Å². The molecule has 0 aliphatic rings. The van der Waals surface area contributed by atoms with E-state index in [2.05, 4.69) is 9.72 Å². The molecule has 0 aliphatic carbocycles. The van der Waals surface area contributed by atoms with Crippen LogP contribution in [0.5, 0.6) is 5.75 Å². The topological polar surface area (TPSA) is 42.4 Å². The smallest absolute Gasteiger partial charge is 0.422 e. The SMILES string of the molecule is CN(C)C(=O)c1cncc(-c2ccc(OCC(F)(F)F)cc2)c1. The highest BCUT2D eigenvalue weighted by molar-refractivity contribution is 5.94. The number of hydrogen-bond acceptors (Lipinski definition) is 3. The van der Waals surface area contributed by atoms with Crippen LogP contribution in [0.25, 0.3) is 11.1 Å². The maximum Gasteiger partial charge on any atom is 0.422 e. The van der Waals surface area contributed by atoms with E-state index in [9.17, 15) is 18.0 Å². The number of alkyl halides is 3. The molecule has 0 radical (unpaired) electrons. The van der Waals surface area contributed by atoms with Crippen LogP contribution in [0.2, 0.25) is 0 Å². The third-order valence-corrected chi connectivity index (χ3v) is 2.98. The molecule has 0 saturated carbocycles. The van der Waals surface area contributed by atoms with Crippen molar-refractivity contribution in [3.05, 3.63) is 48.3 Å². The second kappa shape index (κ2) is 6.68. The van der Waals surface area contributed by atoms with Gasteiger partial charge in [0.05, 0.1) is 5.56 Å². The van der Waals surface area contributed by atoms with Gasteiger partial charge in [0.25, 0.3) is 5.91 Å². The van der Waals surface area contributed by atoms with E-state index >= 15 is 0 Å². The molecule has 1 aromatic heterocycles. The van der Waals surface area contributed by atoms with Crippen molar-refractivity contribution >= 4 is 5.91 Å². The van der Waals surface area contributed by atoms with Gasteiger partial charge in [-0.25, -0.2) is 0 Å². The Hall–Kier alpha value is -2.57. The molecular formula is C16H15F3N2O2. The molecule has 0 N–H and O–H groups in total. The first-order valence-corrected chi connectivity index (χ1v) is 6.73. The van der Waals surface area contributed by atoms with Gasteiger partial charge in [-0.2, -0.15) is 13.2 Å². The van der Waals surface area contributed by atoms with Crippen molar-refractivity contribution in [1.29, 1.82) is 0 Å². The summed E-state index contributed by atoms with van der Waals surface area (Å²) < 4.78 is 41.0. The molecule has 122 valence electrons. The quantitative estimate of drug-likeness (QED) is 0.866. The number of aromatic nitrogens is 1. The normalized spacial score (nSPS) is 11.2. The van der Waals surface area contributed by atoms with Crippen molar-refractivity contribution in [2.75, 3.05) is 20.7 Å². The van der Waals surface area contributed by atoms with Crippen LogP contribution in [0.1, 0.15) is 10.4 Å². The number of halogens is 3. The minimum absolute atomic E-state index is 0.125. The van der Waals surface area contributed by atoms with Crippen LogP contribution in [0, 0.1) is 0 Å². The van der Waals surface area contributed by atoms with E-state index in [1.165, 1.54) is 23.2 Å². The number of carbonyl (C=O) groups is 1. The van der Waals surface area contributed by atoms with Gasteiger partial charge in [0.1, 0.15) is 5.75 Å². The minimum Gasteiger partial charge on any atom is -0.484 e. The van der Waals surface area contributed by atoms with Crippen molar-refractivity contribution in [1.82, 2.24) is 9.88 Å². The predicted octanol–water partition coefficient (Wildman–Crippen LogP) is 3.39. The maximum atomic E-state index is 12.1. The molecule has 0 fully saturated rings. The van der Waals surface area contributed by atoms with E-state index in [-0.39, 0.29) is 11.7 Å². The Morgan fingerprint density at radius 3 is 2.35 bits per heavy atom. The molecule has 0 spiro atoms. The van der Waals surface area contributed by atoms with Crippen molar-refractivity contribution < 1.29 is 22.7 Å². The zero-order valence-electron chi connectivity index (χ0n) is 12.6. The summed E-state index contributed by atoms with van der Waals surface area (Å²) in [5.74, 6) is -0.0518. The van der Waals surface area contributed by atoms with E-state index < -0.39 is 12.8 Å². The van der Waals surface area contributed by atoms with Crippen LogP contribution in [0.4, 0.5) is 13.2 Å². The molecular weight excluding hydrogens is 309 g/mol. The molecule has 0 saturated heterocycles. The van der Waals surface area contributed by atoms with E-state index in [4.69, 9.17) is 0 Å². The van der Waals surface area contributed by atoms with Gasteiger partial charge in [-0.05, 0) is 23.8 Å². The fourth-order valence-corrected chi connectivity index (χ4v) is 1.88. The summed E-state index contributed by atoms with van der Waals surface area (Å²) in [7, 11) is 3.28. The number of benzene rings is 1. The highest BCUT2D eigenvalue weighted by atomic mass is 19.4. The van der Waals surface area contributed by atoms with E-state index in [1.807, 2.05) is 0 Å². The van der Waals surface area contributed by atoms with Gasteiger partial charge in [-0.1, -0.05) is 12.1 Å². The molecule has 1 aromatic carbocycles. The number of ether oxygens (including phenoxy) is 1. The summed E-state index contributed by atoms with van der Waals surface area (Å²) in [6.45, 7) is -1.33. The molecule has 0 bridgehead atoms. The molecule has 0 aliphatic heterocycles. The zero-order valence-corrected chi connectivity index (χ0v) is 12.6. The third kappa shape index (κ3) is 4.70. The minimum atomic E-state index is -4.37. The van der Waals surface area contributed by atoms with E-state index in [1.54, 1.807) is 38.5 Å². The largest absolute Gasteiger partial charge is 0.484 e. The lowest BCUT2D eigenvalue weighted by Gasteiger charge is -2.11. The Balaban J connectivity index is 2.16. The van der Waals surface area contributed by atoms with Crippen LogP contribution in [0.15, 0.2) is 42.7 Å². The first kappa shape index (κ1) is 16.8. The summed E-state index contributed by atoms with van der Waals surface area (Å²) in [5, 5.41) is 0. The first-order valence-electron chi connectivity index (χ1n) is 6.73. The number of pyridine rings is 1. The van der Waals surface area contributed by atoms with Gasteiger partial charge < -0.3 is 9.64 Å². The van der Waals surface area contributed by atoms with Gasteiger partial charge in [-0.15, -0.1) is 0 Å². The zero-order chi connectivity index (χ0) is 17.0. The maximum absolute atomic E-state index is 12.1. The van der Waals surface area contributed by atoms with Crippen molar-refractivity contribution in [2.45, 2.75) is 6.18 Å². The monoisotopic (exact) mass is 324 g/mol. The van der Waals surface area contributed by atoms with Crippen molar-refractivity contribution in [2.24, 2.45) is 0 Å². The van der Waals surface area contributed by atoms with Crippen LogP contribution in [-0.4, -0.2) is 42.7 Å². The number of rotatable bonds is 4. The lowest BCUT2D eigenvalue weighted by atomic mass is 10.1. The molecule has 0 atom stereocenters. The van der Waals surface area contributed by atoms with Gasteiger partial charge in [-0.3, -0.25) is 9.78 Å². The Morgan fingerprint density at radius 2 is 1.78 bits per heavy atom. The highest BCUT2D eigenvalue weighted by Gasteiger charge is 2.28. The summed E-state index contributed by atoms with van der Waals surface area (Å²) in [6, 6.07) is 7.81. The number of nitrogens with zero attached hydrogens (tertiary/aromatic N) is 2. The molecule has 2 aromatic rings. The fraction of sp³-hybridized carbons (Fsp3) is 0.250. The molecule has 7 heteroatoms. The number of amides is 1. The van der Waals surface area contributed by atoms with Crippen LogP contribution in [-0.2, 0) is 0 Å². The number of hydrogen-bond donors (Lipinski definition) is 0. The Kier molecular flexibility index (Phi) is 4.88. The number of carbonyl (C=O) groups excluding carboxylic acids is 1. The average molecular weight is 324 g/mol. The first-order chi connectivity index (χ1) is 10.8. The summed E-state index contributed by atoms with van der Waals surface area (Å²) in [5.41, 5.74) is 1.86. The molecule has 0 unspecified atom stereocenters. The Bertz CT molecular complexity index is 682.